The molecule has 254 valence electrons. The number of nitrogens with one attached hydrogen (secondary N) is 1. The number of rotatable bonds is 13. The fraction of sp³-hybridized carbons (Fsp3) is 0.278. The average Bonchev–Trinajstić information content (AvgIpc) is 3.06. The average molecular weight is 700 g/mol. The Bertz CT molecular complexity index is 1820. The van der Waals surface area contributed by atoms with E-state index in [0.29, 0.717) is 22.4 Å². The molecule has 1 N–H and O–H groups in total. The number of hydrogen-bond donors (Lipinski definition) is 1. The number of anilines is 1. The smallest absolute Gasteiger partial charge is 0.352 e. The SMILES string of the molecule is CC[C@@H](C)NC(=O)[C@@H](Cc1ccccc1)N(Cc1ccccc1C)C(=O)CN(c1ccc(Cl)c(C(F)(F)F)c1)S(=O)(=O)c1ccccc1. The Kier molecular flexibility index (Phi) is 11.9. The number of carbonyl (C=O) groups is 2. The molecule has 0 spiro atoms. The lowest BCUT2D eigenvalue weighted by Gasteiger charge is -2.34. The lowest BCUT2D eigenvalue weighted by molar-refractivity contribution is -0.140. The van der Waals surface area contributed by atoms with Gasteiger partial charge in [0, 0.05) is 19.0 Å². The van der Waals surface area contributed by atoms with E-state index in [9.17, 15) is 31.2 Å². The van der Waals surface area contributed by atoms with E-state index in [-0.39, 0.29) is 23.9 Å². The molecule has 0 aliphatic heterocycles. The van der Waals surface area contributed by atoms with E-state index in [4.69, 9.17) is 11.6 Å². The Hall–Kier alpha value is -4.35. The molecule has 0 aliphatic rings. The molecule has 0 heterocycles. The Morgan fingerprint density at radius 1 is 0.896 bits per heavy atom. The maximum atomic E-state index is 14.6. The quantitative estimate of drug-likeness (QED) is 0.157. The largest absolute Gasteiger partial charge is 0.417 e. The zero-order valence-electron chi connectivity index (χ0n) is 26.7. The van der Waals surface area contributed by atoms with Gasteiger partial charge in [-0.1, -0.05) is 91.3 Å². The van der Waals surface area contributed by atoms with Gasteiger partial charge in [0.25, 0.3) is 10.0 Å². The molecule has 0 saturated carbocycles. The molecular weight excluding hydrogens is 663 g/mol. The molecule has 4 aromatic rings. The third-order valence-corrected chi connectivity index (χ3v) is 10.1. The van der Waals surface area contributed by atoms with Crippen LogP contribution in [0.5, 0.6) is 0 Å². The van der Waals surface area contributed by atoms with Gasteiger partial charge in [0.1, 0.15) is 12.6 Å². The highest BCUT2D eigenvalue weighted by Gasteiger charge is 2.38. The van der Waals surface area contributed by atoms with E-state index in [1.54, 1.807) is 30.3 Å². The van der Waals surface area contributed by atoms with Crippen LogP contribution in [0.1, 0.15) is 42.5 Å². The molecule has 0 radical (unpaired) electrons. The van der Waals surface area contributed by atoms with Crippen molar-refractivity contribution < 1.29 is 31.2 Å². The maximum Gasteiger partial charge on any atom is 0.417 e. The van der Waals surface area contributed by atoms with Crippen molar-refractivity contribution in [2.24, 2.45) is 0 Å². The van der Waals surface area contributed by atoms with Crippen molar-refractivity contribution >= 4 is 39.1 Å². The topological polar surface area (TPSA) is 86.8 Å². The zero-order chi connectivity index (χ0) is 35.1. The summed E-state index contributed by atoms with van der Waals surface area (Å²) in [4.78, 5) is 29.6. The third kappa shape index (κ3) is 8.96. The second-order valence-electron chi connectivity index (χ2n) is 11.5. The second-order valence-corrected chi connectivity index (χ2v) is 13.7. The first-order chi connectivity index (χ1) is 22.7. The Morgan fingerprint density at radius 3 is 2.10 bits per heavy atom. The van der Waals surface area contributed by atoms with Crippen molar-refractivity contribution in [1.82, 2.24) is 10.2 Å². The molecule has 0 aromatic heterocycles. The molecule has 2 atom stereocenters. The predicted molar refractivity (Wildman–Crippen MR) is 181 cm³/mol. The van der Waals surface area contributed by atoms with Crippen LogP contribution in [-0.2, 0) is 38.8 Å². The van der Waals surface area contributed by atoms with Crippen LogP contribution in [0.25, 0.3) is 0 Å². The monoisotopic (exact) mass is 699 g/mol. The standard InChI is InChI=1S/C36H37ClF3N3O4S/c1-4-26(3)41-35(45)33(21-27-14-7-5-8-15-27)42(23-28-16-12-11-13-25(28)2)34(44)24-43(48(46,47)30-17-9-6-10-18-30)29-19-20-32(37)31(22-29)36(38,39)40/h5-20,22,26,33H,4,21,23-24H2,1-3H3,(H,41,45)/t26-,33-/m1/s1. The molecule has 4 rings (SSSR count). The predicted octanol–water partition coefficient (Wildman–Crippen LogP) is 7.42. The number of aryl methyl sites for hydroxylation is 1. The van der Waals surface area contributed by atoms with E-state index >= 15 is 0 Å². The summed E-state index contributed by atoms with van der Waals surface area (Å²) in [5, 5.41) is 2.33. The lowest BCUT2D eigenvalue weighted by Crippen LogP contribution is -2.54. The van der Waals surface area contributed by atoms with Crippen LogP contribution < -0.4 is 9.62 Å². The normalized spacial score (nSPS) is 13.0. The number of benzene rings is 4. The minimum Gasteiger partial charge on any atom is -0.352 e. The van der Waals surface area contributed by atoms with Crippen LogP contribution in [0, 0.1) is 6.92 Å². The third-order valence-electron chi connectivity index (χ3n) is 8.03. The van der Waals surface area contributed by atoms with E-state index in [1.165, 1.54) is 29.2 Å². The molecule has 0 saturated heterocycles. The molecule has 7 nitrogen and oxygen atoms in total. The summed E-state index contributed by atoms with van der Waals surface area (Å²) < 4.78 is 70.6. The molecule has 4 aromatic carbocycles. The molecule has 48 heavy (non-hydrogen) atoms. The van der Waals surface area contributed by atoms with E-state index in [2.05, 4.69) is 5.32 Å². The zero-order valence-corrected chi connectivity index (χ0v) is 28.3. The number of hydrogen-bond acceptors (Lipinski definition) is 4. The summed E-state index contributed by atoms with van der Waals surface area (Å²) in [5.41, 5.74) is 0.629. The molecular formula is C36H37ClF3N3O4S. The van der Waals surface area contributed by atoms with Crippen molar-refractivity contribution in [3.63, 3.8) is 0 Å². The van der Waals surface area contributed by atoms with Crippen LogP contribution >= 0.6 is 11.6 Å². The molecule has 0 fully saturated rings. The van der Waals surface area contributed by atoms with Crippen LogP contribution in [0.2, 0.25) is 5.02 Å². The highest BCUT2D eigenvalue weighted by molar-refractivity contribution is 7.92. The van der Waals surface area contributed by atoms with Gasteiger partial charge < -0.3 is 10.2 Å². The number of nitrogens with zero attached hydrogens (tertiary/aromatic N) is 2. The van der Waals surface area contributed by atoms with E-state index < -0.39 is 56.9 Å². The first-order valence-corrected chi connectivity index (χ1v) is 17.2. The Morgan fingerprint density at radius 2 is 1.50 bits per heavy atom. The molecule has 12 heteroatoms. The minimum absolute atomic E-state index is 0.0649. The van der Waals surface area contributed by atoms with Crippen LogP contribution in [0.4, 0.5) is 18.9 Å². The summed E-state index contributed by atoms with van der Waals surface area (Å²) in [5.74, 6) is -1.24. The van der Waals surface area contributed by atoms with Gasteiger partial charge in [-0.25, -0.2) is 8.42 Å². The number of sulfonamides is 1. The van der Waals surface area contributed by atoms with Gasteiger partial charge in [-0.3, -0.25) is 13.9 Å². The maximum absolute atomic E-state index is 14.6. The van der Waals surface area contributed by atoms with Crippen LogP contribution in [0.3, 0.4) is 0 Å². The van der Waals surface area contributed by atoms with Crippen LogP contribution in [-0.4, -0.2) is 43.8 Å². The van der Waals surface area contributed by atoms with Gasteiger partial charge in [0.15, 0.2) is 0 Å². The highest BCUT2D eigenvalue weighted by Crippen LogP contribution is 2.38. The number of halogens is 4. The first kappa shape index (κ1) is 36.5. The van der Waals surface area contributed by atoms with Crippen molar-refractivity contribution in [3.8, 4) is 0 Å². The fourth-order valence-electron chi connectivity index (χ4n) is 5.10. The van der Waals surface area contributed by atoms with E-state index in [0.717, 1.165) is 23.3 Å². The van der Waals surface area contributed by atoms with Gasteiger partial charge in [-0.2, -0.15) is 13.2 Å². The van der Waals surface area contributed by atoms with Crippen molar-refractivity contribution in [2.75, 3.05) is 10.8 Å². The Labute approximate surface area is 284 Å². The Balaban J connectivity index is 1.87. The molecule has 2 amide bonds. The minimum atomic E-state index is -4.90. The summed E-state index contributed by atoms with van der Waals surface area (Å²) in [6, 6.07) is 24.8. The molecule has 0 aliphatic carbocycles. The van der Waals surface area contributed by atoms with Crippen molar-refractivity contribution in [3.05, 3.63) is 130 Å². The summed E-state index contributed by atoms with van der Waals surface area (Å²) in [6.07, 6.45) is -4.17. The van der Waals surface area contributed by atoms with Crippen molar-refractivity contribution in [1.29, 1.82) is 0 Å². The fourth-order valence-corrected chi connectivity index (χ4v) is 6.75. The van der Waals surface area contributed by atoms with Gasteiger partial charge in [-0.15, -0.1) is 0 Å². The summed E-state index contributed by atoms with van der Waals surface area (Å²) >= 11 is 5.88. The van der Waals surface area contributed by atoms with E-state index in [1.807, 2.05) is 51.1 Å². The van der Waals surface area contributed by atoms with Gasteiger partial charge in [-0.05, 0) is 67.3 Å². The number of carbonyl (C=O) groups excluding carboxylic acids is 2. The van der Waals surface area contributed by atoms with Crippen LogP contribution in [0.15, 0.2) is 108 Å². The number of amides is 2. The van der Waals surface area contributed by atoms with Crippen molar-refractivity contribution in [2.45, 2.75) is 63.3 Å². The molecule has 0 unspecified atom stereocenters. The summed E-state index contributed by atoms with van der Waals surface area (Å²) in [6.45, 7) is 4.62. The molecule has 0 bridgehead atoms. The van der Waals surface area contributed by atoms with Gasteiger partial charge >= 0.3 is 6.18 Å². The lowest BCUT2D eigenvalue weighted by atomic mass is 10.0. The first-order valence-electron chi connectivity index (χ1n) is 15.3. The van der Waals surface area contributed by atoms with Gasteiger partial charge in [0.05, 0.1) is 21.2 Å². The summed E-state index contributed by atoms with van der Waals surface area (Å²) in [7, 11) is -4.59. The van der Waals surface area contributed by atoms with Gasteiger partial charge in [0.2, 0.25) is 11.8 Å². The second kappa shape index (κ2) is 15.7. The highest BCUT2D eigenvalue weighted by atomic mass is 35.5. The number of alkyl halides is 3.